The number of hydrogen-bond acceptors (Lipinski definition) is 6. The van der Waals surface area contributed by atoms with Crippen LogP contribution in [-0.2, 0) is 9.59 Å². The molecular formula is C20H22N2O4S. The summed E-state index contributed by atoms with van der Waals surface area (Å²) < 4.78 is 5.81. The molecule has 27 heavy (non-hydrogen) atoms. The van der Waals surface area contributed by atoms with Gasteiger partial charge >= 0.3 is 0 Å². The average Bonchev–Trinajstić information content (AvgIpc) is 3.22. The number of aliphatic hydroxyl groups is 1. The van der Waals surface area contributed by atoms with Crippen molar-refractivity contribution in [2.45, 2.75) is 20.0 Å². The van der Waals surface area contributed by atoms with Crippen molar-refractivity contribution in [2.24, 2.45) is 0 Å². The Morgan fingerprint density at radius 3 is 2.52 bits per heavy atom. The fourth-order valence-electron chi connectivity index (χ4n) is 2.99. The fourth-order valence-corrected chi connectivity index (χ4v) is 3.75. The van der Waals surface area contributed by atoms with Crippen LogP contribution in [0.3, 0.4) is 0 Å². The molecule has 0 fully saturated rings. The van der Waals surface area contributed by atoms with Gasteiger partial charge in [-0.05, 0) is 37.4 Å². The Morgan fingerprint density at radius 1 is 1.15 bits per heavy atom. The summed E-state index contributed by atoms with van der Waals surface area (Å²) in [7, 11) is 1.70. The van der Waals surface area contributed by atoms with Crippen LogP contribution in [0.15, 0.2) is 47.5 Å². The van der Waals surface area contributed by atoms with Crippen molar-refractivity contribution < 1.29 is 19.4 Å². The number of amides is 2. The molecule has 2 heterocycles. The summed E-state index contributed by atoms with van der Waals surface area (Å²) in [6.07, 6.45) is -0.0970. The molecule has 0 radical (unpaired) electrons. The molecule has 1 aliphatic heterocycles. The Bertz CT molecular complexity index is 874. The zero-order valence-corrected chi connectivity index (χ0v) is 16.3. The fraction of sp³-hybridized carbons (Fsp3) is 0.300. The molecule has 7 heteroatoms. The maximum atomic E-state index is 13.3. The second-order valence-electron chi connectivity index (χ2n) is 6.43. The van der Waals surface area contributed by atoms with E-state index in [2.05, 4.69) is 0 Å². The Labute approximate surface area is 162 Å². The number of aliphatic hydroxyl groups excluding tert-OH is 1. The van der Waals surface area contributed by atoms with Gasteiger partial charge in [0.15, 0.2) is 0 Å². The van der Waals surface area contributed by atoms with Gasteiger partial charge < -0.3 is 14.7 Å². The van der Waals surface area contributed by atoms with E-state index < -0.39 is 5.91 Å². The first kappa shape index (κ1) is 19.1. The normalized spacial score (nSPS) is 14.5. The van der Waals surface area contributed by atoms with E-state index in [0.717, 1.165) is 9.78 Å². The van der Waals surface area contributed by atoms with Crippen LogP contribution in [0.2, 0.25) is 0 Å². The lowest BCUT2D eigenvalue weighted by Gasteiger charge is -2.22. The Kier molecular flexibility index (Phi) is 5.62. The van der Waals surface area contributed by atoms with E-state index in [1.54, 1.807) is 36.2 Å². The number of rotatable bonds is 7. The SMILES string of the molecule is CC(C)Oc1ccccc1N1C(=O)C(c2cccs2)=C(N(C)CCO)C1=O. The number of nitrogens with zero attached hydrogens (tertiary/aromatic N) is 2. The van der Waals surface area contributed by atoms with Gasteiger partial charge in [0, 0.05) is 18.5 Å². The lowest BCUT2D eigenvalue weighted by molar-refractivity contribution is -0.120. The van der Waals surface area contributed by atoms with Crippen LogP contribution < -0.4 is 9.64 Å². The second kappa shape index (κ2) is 7.94. The van der Waals surface area contributed by atoms with Crippen LogP contribution in [-0.4, -0.2) is 48.1 Å². The maximum absolute atomic E-state index is 13.3. The van der Waals surface area contributed by atoms with E-state index in [1.165, 1.54) is 11.3 Å². The number of imide groups is 1. The minimum atomic E-state index is -0.417. The molecule has 2 aromatic rings. The summed E-state index contributed by atoms with van der Waals surface area (Å²) in [4.78, 5) is 30.0. The average molecular weight is 386 g/mol. The molecule has 3 rings (SSSR count). The Balaban J connectivity index is 2.10. The number of ether oxygens (including phenoxy) is 1. The second-order valence-corrected chi connectivity index (χ2v) is 7.37. The molecule has 0 unspecified atom stereocenters. The zero-order valence-electron chi connectivity index (χ0n) is 15.5. The number of likely N-dealkylation sites (N-methyl/N-ethyl adjacent to an activating group) is 1. The van der Waals surface area contributed by atoms with E-state index in [4.69, 9.17) is 4.74 Å². The molecule has 1 aromatic heterocycles. The molecule has 0 atom stereocenters. The van der Waals surface area contributed by atoms with Gasteiger partial charge in [0.1, 0.15) is 11.4 Å². The lowest BCUT2D eigenvalue weighted by atomic mass is 10.2. The van der Waals surface area contributed by atoms with Crippen molar-refractivity contribution in [1.82, 2.24) is 4.90 Å². The predicted octanol–water partition coefficient (Wildman–Crippen LogP) is 2.74. The minimum absolute atomic E-state index is 0.0970. The lowest BCUT2D eigenvalue weighted by Crippen LogP contribution is -2.35. The molecular weight excluding hydrogens is 364 g/mol. The first-order chi connectivity index (χ1) is 13.0. The molecule has 6 nitrogen and oxygen atoms in total. The van der Waals surface area contributed by atoms with Crippen molar-refractivity contribution in [3.05, 3.63) is 52.4 Å². The highest BCUT2D eigenvalue weighted by molar-refractivity contribution is 7.11. The summed E-state index contributed by atoms with van der Waals surface area (Å²) in [5.74, 6) is -0.327. The topological polar surface area (TPSA) is 70.1 Å². The number of carbonyl (C=O) groups excluding carboxylic acids is 2. The molecule has 0 spiro atoms. The van der Waals surface area contributed by atoms with Crippen LogP contribution in [0.1, 0.15) is 18.7 Å². The van der Waals surface area contributed by atoms with Crippen molar-refractivity contribution in [3.8, 4) is 5.75 Å². The van der Waals surface area contributed by atoms with Gasteiger partial charge in [0.05, 0.1) is 24.0 Å². The molecule has 1 aromatic carbocycles. The monoisotopic (exact) mass is 386 g/mol. The van der Waals surface area contributed by atoms with Gasteiger partial charge in [-0.2, -0.15) is 0 Å². The number of anilines is 1. The van der Waals surface area contributed by atoms with Gasteiger partial charge in [-0.1, -0.05) is 18.2 Å². The highest BCUT2D eigenvalue weighted by Crippen LogP contribution is 2.39. The van der Waals surface area contributed by atoms with E-state index in [-0.39, 0.29) is 30.9 Å². The third kappa shape index (κ3) is 3.61. The largest absolute Gasteiger partial charge is 0.489 e. The summed E-state index contributed by atoms with van der Waals surface area (Å²) in [5.41, 5.74) is 1.06. The zero-order chi connectivity index (χ0) is 19.6. The smallest absolute Gasteiger partial charge is 0.282 e. The van der Waals surface area contributed by atoms with Gasteiger partial charge in [-0.25, -0.2) is 4.90 Å². The van der Waals surface area contributed by atoms with Crippen LogP contribution >= 0.6 is 11.3 Å². The quantitative estimate of drug-likeness (QED) is 0.741. The molecule has 2 amide bonds. The van der Waals surface area contributed by atoms with Crippen LogP contribution in [0, 0.1) is 0 Å². The molecule has 0 aliphatic carbocycles. The van der Waals surface area contributed by atoms with Crippen molar-refractivity contribution in [2.75, 3.05) is 25.1 Å². The van der Waals surface area contributed by atoms with Crippen molar-refractivity contribution in [3.63, 3.8) is 0 Å². The number of para-hydroxylation sites is 2. The Morgan fingerprint density at radius 2 is 1.89 bits per heavy atom. The third-order valence-corrected chi connectivity index (χ3v) is 5.00. The molecule has 0 saturated heterocycles. The molecule has 1 aliphatic rings. The summed E-state index contributed by atoms with van der Waals surface area (Å²) >= 11 is 1.40. The van der Waals surface area contributed by atoms with Crippen molar-refractivity contribution in [1.29, 1.82) is 0 Å². The van der Waals surface area contributed by atoms with Crippen LogP contribution in [0.4, 0.5) is 5.69 Å². The van der Waals surface area contributed by atoms with Crippen LogP contribution in [0.25, 0.3) is 5.57 Å². The maximum Gasteiger partial charge on any atom is 0.282 e. The number of thiophene rings is 1. The first-order valence-corrected chi connectivity index (χ1v) is 9.58. The van der Waals surface area contributed by atoms with Crippen molar-refractivity contribution >= 4 is 34.4 Å². The molecule has 0 saturated carbocycles. The number of carbonyl (C=O) groups is 2. The third-order valence-electron chi connectivity index (χ3n) is 4.11. The number of hydrogen-bond donors (Lipinski definition) is 1. The van der Waals surface area contributed by atoms with E-state index in [1.807, 2.05) is 31.4 Å². The number of benzene rings is 1. The standard InChI is InChI=1S/C20H22N2O4S/c1-13(2)26-15-8-5-4-7-14(15)22-19(24)17(16-9-6-12-27-16)18(20(22)25)21(3)10-11-23/h4-9,12-13,23H,10-11H2,1-3H3. The van der Waals surface area contributed by atoms with E-state index >= 15 is 0 Å². The van der Waals surface area contributed by atoms with Gasteiger partial charge in [-0.15, -0.1) is 11.3 Å². The Hall–Kier alpha value is -2.64. The molecule has 142 valence electrons. The van der Waals surface area contributed by atoms with E-state index in [9.17, 15) is 14.7 Å². The summed E-state index contributed by atoms with van der Waals surface area (Å²) in [6, 6.07) is 10.7. The predicted molar refractivity (Wildman–Crippen MR) is 106 cm³/mol. The summed E-state index contributed by atoms with van der Waals surface area (Å²) in [6.45, 7) is 3.91. The molecule has 0 bridgehead atoms. The van der Waals surface area contributed by atoms with Gasteiger partial charge in [-0.3, -0.25) is 9.59 Å². The highest BCUT2D eigenvalue weighted by atomic mass is 32.1. The summed E-state index contributed by atoms with van der Waals surface area (Å²) in [5, 5.41) is 11.2. The van der Waals surface area contributed by atoms with Gasteiger partial charge in [0.2, 0.25) is 0 Å². The highest BCUT2D eigenvalue weighted by Gasteiger charge is 2.43. The molecule has 1 N–H and O–H groups in total. The minimum Gasteiger partial charge on any atom is -0.489 e. The first-order valence-electron chi connectivity index (χ1n) is 8.70. The van der Waals surface area contributed by atoms with Crippen LogP contribution in [0.5, 0.6) is 5.75 Å². The van der Waals surface area contributed by atoms with E-state index in [0.29, 0.717) is 17.0 Å². The van der Waals surface area contributed by atoms with Gasteiger partial charge in [0.25, 0.3) is 11.8 Å².